The van der Waals surface area contributed by atoms with Crippen LogP contribution in [0.2, 0.25) is 0 Å². The second-order valence-corrected chi connectivity index (χ2v) is 26.5. The number of hydrogen-bond donors (Lipinski definition) is 0. The van der Waals surface area contributed by atoms with Gasteiger partial charge in [-0.15, -0.1) is 0 Å². The standard InChI is InChI=1S/C57H78O42P2/c1-22(58)76-17-38-42(80-26(5)62)46(84-30(9)66)50(88-34(13)70)54(92-38)96-100(74,97-55-51(89-35(14)71)47(85-31(10)67)43(81-27(6)63)39(93-55)18-77-23(2)59)21-101(75,98-56-52(90-36(15)72)48(86-32(11)68)44(82-28(7)64)40(94-56)19-78-24(3)60)99-57-53(91-37(16)73)49(87-33(12)69)45(83-29(8)65)41(95-57)20-79-25(4)61/h38-57H,17-21H2,1-16H3/t38-,39-,40-,41-,42-,43-,44-,45-,46+,47+,48+,49+,50-,51-,52-,53-,54-,55-,56-,57-/m1/s1. The van der Waals surface area contributed by atoms with Gasteiger partial charge in [0.2, 0.25) is 25.2 Å². The van der Waals surface area contributed by atoms with Gasteiger partial charge in [-0.05, 0) is 0 Å². The molecule has 0 aromatic rings. The van der Waals surface area contributed by atoms with Crippen molar-refractivity contribution in [2.75, 3.05) is 32.3 Å². The molecule has 42 nitrogen and oxygen atoms in total. The zero-order valence-corrected chi connectivity index (χ0v) is 58.9. The predicted octanol–water partition coefficient (Wildman–Crippen LogP) is -0.271. The molecule has 4 heterocycles. The first-order valence-electron chi connectivity index (χ1n) is 30.0. The van der Waals surface area contributed by atoms with Crippen molar-refractivity contribution in [2.24, 2.45) is 0 Å². The molecule has 0 aromatic carbocycles. The normalized spacial score (nSPS) is 29.8. The molecule has 0 saturated carbocycles. The van der Waals surface area contributed by atoms with Crippen molar-refractivity contribution < 1.29 is 199 Å². The molecule has 4 saturated heterocycles. The van der Waals surface area contributed by atoms with E-state index in [1.807, 2.05) is 0 Å². The second-order valence-electron chi connectivity index (χ2n) is 22.1. The van der Waals surface area contributed by atoms with Crippen LogP contribution in [0.1, 0.15) is 111 Å². The number of hydrogen-bond acceptors (Lipinski definition) is 42. The van der Waals surface area contributed by atoms with Crippen molar-refractivity contribution in [3.63, 3.8) is 0 Å². The van der Waals surface area contributed by atoms with Crippen LogP contribution in [0.5, 0.6) is 0 Å². The Labute approximate surface area is 573 Å². The van der Waals surface area contributed by atoms with E-state index in [1.54, 1.807) is 0 Å². The Morgan fingerprint density at radius 2 is 0.356 bits per heavy atom. The Morgan fingerprint density at radius 3 is 0.495 bits per heavy atom. The summed E-state index contributed by atoms with van der Waals surface area (Å²) < 4.78 is 170. The fourth-order valence-electron chi connectivity index (χ4n) is 10.1. The highest BCUT2D eigenvalue weighted by Crippen LogP contribution is 2.68. The van der Waals surface area contributed by atoms with Gasteiger partial charge in [-0.2, -0.15) is 0 Å². The number of esters is 16. The van der Waals surface area contributed by atoms with Crippen LogP contribution >= 0.6 is 15.2 Å². The van der Waals surface area contributed by atoms with E-state index in [0.717, 1.165) is 111 Å². The minimum atomic E-state index is -6.57. The highest BCUT2D eigenvalue weighted by atomic mass is 31.2. The molecule has 568 valence electrons. The van der Waals surface area contributed by atoms with Crippen molar-refractivity contribution in [3.05, 3.63) is 0 Å². The van der Waals surface area contributed by atoms with Gasteiger partial charge in [0.05, 0.1) is 0 Å². The Balaban J connectivity index is 2.35. The van der Waals surface area contributed by atoms with E-state index in [0.29, 0.717) is 0 Å². The van der Waals surface area contributed by atoms with Gasteiger partial charge < -0.3 is 94.7 Å². The summed E-state index contributed by atoms with van der Waals surface area (Å²) in [6, 6.07) is 0. The van der Waals surface area contributed by atoms with Gasteiger partial charge in [-0.1, -0.05) is 0 Å². The van der Waals surface area contributed by atoms with Crippen LogP contribution < -0.4 is 0 Å². The Bertz CT molecular complexity index is 2780. The largest absolute Gasteiger partial charge is 0.463 e. The maximum Gasteiger partial charge on any atom is 0.347 e. The van der Waals surface area contributed by atoms with Gasteiger partial charge in [0.15, 0.2) is 79.2 Å². The molecule has 0 amide bonds. The number of rotatable bonds is 30. The van der Waals surface area contributed by atoms with Crippen LogP contribution in [-0.2, 0) is 199 Å². The first-order chi connectivity index (χ1) is 46.9. The summed E-state index contributed by atoms with van der Waals surface area (Å²) in [7, 11) is -13.1. The topological polar surface area (TPSA) is 529 Å². The third-order valence-corrected chi connectivity index (χ3v) is 18.1. The second kappa shape index (κ2) is 38.1. The fraction of sp³-hybridized carbons (Fsp3) is 0.719. The van der Waals surface area contributed by atoms with Gasteiger partial charge in [0, 0.05) is 111 Å². The average molecular weight is 1500 g/mol. The van der Waals surface area contributed by atoms with E-state index in [1.165, 1.54) is 0 Å². The van der Waals surface area contributed by atoms with Crippen molar-refractivity contribution in [1.82, 2.24) is 0 Å². The summed E-state index contributed by atoms with van der Waals surface area (Å²) in [4.78, 5) is 207. The molecule has 4 aliphatic rings. The molecule has 4 rings (SSSR count). The van der Waals surface area contributed by atoms with Crippen LogP contribution in [0.15, 0.2) is 0 Å². The van der Waals surface area contributed by atoms with Crippen molar-refractivity contribution in [3.8, 4) is 0 Å². The number of ether oxygens (including phenoxy) is 20. The summed E-state index contributed by atoms with van der Waals surface area (Å²) in [5.74, 6) is -21.8. The molecule has 0 N–H and O–H groups in total. The minimum absolute atomic E-state index is 0.734. The average Bonchev–Trinajstić information content (AvgIpc) is 0.764. The third-order valence-electron chi connectivity index (χ3n) is 13.2. The van der Waals surface area contributed by atoms with E-state index < -0.39 is 266 Å². The van der Waals surface area contributed by atoms with Crippen molar-refractivity contribution >= 4 is 111 Å². The number of carbonyl (C=O) groups excluding carboxylic acids is 16. The highest BCUT2D eigenvalue weighted by Gasteiger charge is 2.63. The lowest BCUT2D eigenvalue weighted by Crippen LogP contribution is -2.64. The monoisotopic (exact) mass is 1500 g/mol. The molecule has 0 spiro atoms. The molecule has 4 fully saturated rings. The van der Waals surface area contributed by atoms with E-state index in [9.17, 15) is 76.7 Å². The molecule has 0 bridgehead atoms. The highest BCUT2D eigenvalue weighted by molar-refractivity contribution is 7.71. The Hall–Kier alpha value is -8.34. The lowest BCUT2D eigenvalue weighted by Gasteiger charge is -2.47. The first kappa shape index (κ1) is 85.1. The molecule has 20 atom stereocenters. The lowest BCUT2D eigenvalue weighted by molar-refractivity contribution is -0.302. The molecule has 44 heteroatoms. The molecular formula is C57H78O42P2. The van der Waals surface area contributed by atoms with Crippen LogP contribution in [-0.4, -0.2) is 251 Å². The molecule has 101 heavy (non-hydrogen) atoms. The molecular weight excluding hydrogens is 1420 g/mol. The molecule has 0 aliphatic carbocycles. The van der Waals surface area contributed by atoms with Crippen LogP contribution in [0.25, 0.3) is 0 Å². The van der Waals surface area contributed by atoms with Crippen LogP contribution in [0.3, 0.4) is 0 Å². The molecule has 0 radical (unpaired) electrons. The quantitative estimate of drug-likeness (QED) is 0.0507. The van der Waals surface area contributed by atoms with E-state index in [4.69, 9.17) is 113 Å². The summed E-state index contributed by atoms with van der Waals surface area (Å²) in [5, 5.41) is 0. The fourth-order valence-corrected chi connectivity index (χ4v) is 14.9. The summed E-state index contributed by atoms with van der Waals surface area (Å²) in [6.07, 6.45) is -46.5. The van der Waals surface area contributed by atoms with Gasteiger partial charge in [-0.25, -0.2) is 0 Å². The molecule has 0 aromatic heterocycles. The summed E-state index contributed by atoms with van der Waals surface area (Å²) >= 11 is 0. The minimum Gasteiger partial charge on any atom is -0.463 e. The zero-order chi connectivity index (χ0) is 76.3. The van der Waals surface area contributed by atoms with Gasteiger partial charge in [0.25, 0.3) is 0 Å². The maximum atomic E-state index is 17.2. The lowest BCUT2D eigenvalue weighted by atomic mass is 9.98. The number of carbonyl (C=O) groups is 16. The van der Waals surface area contributed by atoms with E-state index >= 15 is 9.13 Å². The van der Waals surface area contributed by atoms with Gasteiger partial charge in [-0.3, -0.25) is 104 Å². The SMILES string of the molecule is CC(=O)OC[C@H]1O[C@H](OP(=O)(CP(=O)(O[C@H]2O[C@H](COC(C)=O)[C@@H](OC(C)=O)[C@H](OC(C)=O)[C@H]2OC(C)=O)O[C@H]2O[C@H](COC(C)=O)[C@@H](OC(C)=O)[C@H](OC(C)=O)[C@H]2OC(C)=O)O[C@H]2O[C@H](COC(C)=O)[C@@H](OC(C)=O)[C@H](OC(C)=O)[C@H]2OC(C)=O)[C@H](OC(C)=O)[C@@H](OC(C)=O)[C@@H]1OC(C)=O. The summed E-state index contributed by atoms with van der Waals surface area (Å²) in [6.45, 7) is 8.72. The van der Waals surface area contributed by atoms with Crippen LogP contribution in [0, 0.1) is 0 Å². The van der Waals surface area contributed by atoms with E-state index in [2.05, 4.69) is 0 Å². The Morgan fingerprint density at radius 1 is 0.218 bits per heavy atom. The predicted molar refractivity (Wildman–Crippen MR) is 312 cm³/mol. The van der Waals surface area contributed by atoms with Crippen molar-refractivity contribution in [2.45, 2.75) is 234 Å². The third kappa shape index (κ3) is 26.8. The smallest absolute Gasteiger partial charge is 0.347 e. The summed E-state index contributed by atoms with van der Waals surface area (Å²) in [5.41, 5.74) is 0. The molecule has 0 unspecified atom stereocenters. The maximum absolute atomic E-state index is 17.2. The zero-order valence-electron chi connectivity index (χ0n) is 57.1. The van der Waals surface area contributed by atoms with E-state index in [-0.39, 0.29) is 0 Å². The van der Waals surface area contributed by atoms with Gasteiger partial charge >= 0.3 is 111 Å². The Kier molecular flexibility index (Phi) is 32.1. The van der Waals surface area contributed by atoms with Gasteiger partial charge in [0.1, 0.15) is 50.8 Å². The molecule has 4 aliphatic heterocycles. The van der Waals surface area contributed by atoms with Crippen molar-refractivity contribution in [1.29, 1.82) is 0 Å². The first-order valence-corrected chi connectivity index (χ1v) is 33.5. The van der Waals surface area contributed by atoms with Crippen LogP contribution in [0.4, 0.5) is 0 Å².